The minimum atomic E-state index is -3.29. The summed E-state index contributed by atoms with van der Waals surface area (Å²) in [5, 5.41) is 3.87. The first-order valence-electron chi connectivity index (χ1n) is 8.39. The topological polar surface area (TPSA) is 83.0 Å². The van der Waals surface area contributed by atoms with Crippen LogP contribution in [0.1, 0.15) is 20.8 Å². The molecule has 0 aliphatic carbocycles. The van der Waals surface area contributed by atoms with Gasteiger partial charge in [-0.1, -0.05) is 11.6 Å². The van der Waals surface area contributed by atoms with Gasteiger partial charge in [-0.2, -0.15) is 0 Å². The molecule has 1 aromatic carbocycles. The summed E-state index contributed by atoms with van der Waals surface area (Å²) in [6, 6.07) is 7.20. The Hall–Kier alpha value is -0.780. The molecular formula is C17H30ClIN4O3S. The molecule has 27 heavy (non-hydrogen) atoms. The summed E-state index contributed by atoms with van der Waals surface area (Å²) < 4.78 is 31.2. The molecule has 0 heterocycles. The summed E-state index contributed by atoms with van der Waals surface area (Å²) in [7, 11) is -1.39. The van der Waals surface area contributed by atoms with Crippen molar-refractivity contribution in [3.05, 3.63) is 29.3 Å². The zero-order valence-electron chi connectivity index (χ0n) is 16.5. The highest BCUT2D eigenvalue weighted by Gasteiger charge is 2.22. The molecule has 10 heteroatoms. The van der Waals surface area contributed by atoms with E-state index in [0.29, 0.717) is 37.2 Å². The maximum absolute atomic E-state index is 11.4. The average Bonchev–Trinajstić information content (AvgIpc) is 2.51. The number of guanidine groups is 1. The number of halogens is 2. The van der Waals surface area contributed by atoms with E-state index in [1.807, 2.05) is 31.0 Å². The van der Waals surface area contributed by atoms with Crippen molar-refractivity contribution in [1.82, 2.24) is 14.9 Å². The fourth-order valence-corrected chi connectivity index (χ4v) is 3.41. The van der Waals surface area contributed by atoms with Gasteiger partial charge in [0.25, 0.3) is 0 Å². The third-order valence-corrected chi connectivity index (χ3v) is 4.47. The summed E-state index contributed by atoms with van der Waals surface area (Å²) in [6.45, 7) is 7.69. The van der Waals surface area contributed by atoms with Gasteiger partial charge >= 0.3 is 0 Å². The lowest BCUT2D eigenvalue weighted by Crippen LogP contribution is -2.47. The summed E-state index contributed by atoms with van der Waals surface area (Å²) in [5.41, 5.74) is -0.672. The van der Waals surface area contributed by atoms with Crippen LogP contribution in [0.4, 0.5) is 0 Å². The number of benzene rings is 1. The van der Waals surface area contributed by atoms with Crippen molar-refractivity contribution >= 4 is 51.6 Å². The summed E-state index contributed by atoms with van der Waals surface area (Å²) in [4.78, 5) is 6.48. The molecule has 156 valence electrons. The molecule has 7 nitrogen and oxygen atoms in total. The predicted molar refractivity (Wildman–Crippen MR) is 123 cm³/mol. The van der Waals surface area contributed by atoms with Gasteiger partial charge in [-0.3, -0.25) is 4.99 Å². The van der Waals surface area contributed by atoms with Gasteiger partial charge in [0.05, 0.1) is 19.3 Å². The van der Waals surface area contributed by atoms with Crippen LogP contribution >= 0.6 is 35.6 Å². The van der Waals surface area contributed by atoms with E-state index in [2.05, 4.69) is 15.0 Å². The van der Waals surface area contributed by atoms with Crippen LogP contribution in [0.2, 0.25) is 5.02 Å². The highest BCUT2D eigenvalue weighted by Crippen LogP contribution is 2.15. The van der Waals surface area contributed by atoms with E-state index in [9.17, 15) is 8.42 Å². The normalized spacial score (nSPS) is 12.3. The van der Waals surface area contributed by atoms with E-state index in [1.165, 1.54) is 0 Å². The monoisotopic (exact) mass is 532 g/mol. The molecule has 0 unspecified atom stereocenters. The first-order chi connectivity index (χ1) is 12.0. The van der Waals surface area contributed by atoms with Crippen molar-refractivity contribution in [2.75, 3.05) is 39.5 Å². The number of likely N-dealkylation sites (N-methyl/N-ethyl adjacent to an activating group) is 1. The van der Waals surface area contributed by atoms with E-state index in [0.717, 1.165) is 12.0 Å². The highest BCUT2D eigenvalue weighted by molar-refractivity contribution is 14.0. The molecule has 0 bridgehead atoms. The van der Waals surface area contributed by atoms with Gasteiger partial charge in [-0.25, -0.2) is 13.1 Å². The lowest BCUT2D eigenvalue weighted by Gasteiger charge is -2.26. The van der Waals surface area contributed by atoms with Gasteiger partial charge in [0, 0.05) is 24.2 Å². The second kappa shape index (κ2) is 11.9. The highest BCUT2D eigenvalue weighted by atomic mass is 127. The number of hydrogen-bond donors (Lipinski definition) is 2. The third kappa shape index (κ3) is 11.6. The molecule has 0 aliphatic rings. The van der Waals surface area contributed by atoms with E-state index in [-0.39, 0.29) is 24.0 Å². The zero-order valence-corrected chi connectivity index (χ0v) is 20.4. The van der Waals surface area contributed by atoms with Crippen molar-refractivity contribution < 1.29 is 13.2 Å². The maximum Gasteiger partial charge on any atom is 0.209 e. The maximum atomic E-state index is 11.4. The fourth-order valence-electron chi connectivity index (χ4n) is 2.21. The average molecular weight is 533 g/mol. The third-order valence-electron chi connectivity index (χ3n) is 3.29. The first-order valence-corrected chi connectivity index (χ1v) is 10.7. The minimum Gasteiger partial charge on any atom is -0.492 e. The molecule has 0 aliphatic heterocycles. The van der Waals surface area contributed by atoms with Crippen molar-refractivity contribution in [2.45, 2.75) is 26.3 Å². The Bertz CT molecular complexity index is 697. The lowest BCUT2D eigenvalue weighted by molar-refractivity contribution is 0.281. The number of sulfonamides is 1. The first kappa shape index (κ1) is 26.2. The van der Waals surface area contributed by atoms with Crippen LogP contribution in [-0.4, -0.2) is 64.4 Å². The second-order valence-electron chi connectivity index (χ2n) is 6.65. The molecular weight excluding hydrogens is 503 g/mol. The Morgan fingerprint density at radius 3 is 2.41 bits per heavy atom. The van der Waals surface area contributed by atoms with Crippen LogP contribution in [-0.2, 0) is 10.0 Å². The van der Waals surface area contributed by atoms with E-state index >= 15 is 0 Å². The number of aliphatic imine (C=N–C) groups is 1. The van der Waals surface area contributed by atoms with Gasteiger partial charge < -0.3 is 15.0 Å². The number of nitrogens with one attached hydrogen (secondary N) is 2. The predicted octanol–water partition coefficient (Wildman–Crippen LogP) is 2.56. The van der Waals surface area contributed by atoms with Crippen LogP contribution < -0.4 is 14.8 Å². The summed E-state index contributed by atoms with van der Waals surface area (Å²) in [5.74, 6) is 1.44. The van der Waals surface area contributed by atoms with Gasteiger partial charge in [-0.15, -0.1) is 24.0 Å². The Labute approximate surface area is 185 Å². The SMILES string of the molecule is CCNC(=NCC(C)(C)NS(C)(=O)=O)N(C)CCOc1ccc(Cl)cc1.I. The number of nitrogens with zero attached hydrogens (tertiary/aromatic N) is 2. The lowest BCUT2D eigenvalue weighted by atomic mass is 10.1. The Morgan fingerprint density at radius 1 is 1.30 bits per heavy atom. The van der Waals surface area contributed by atoms with Crippen molar-refractivity contribution in [3.8, 4) is 5.75 Å². The minimum absolute atomic E-state index is 0. The molecule has 1 aromatic rings. The van der Waals surface area contributed by atoms with E-state index < -0.39 is 15.6 Å². The molecule has 0 saturated carbocycles. The molecule has 0 radical (unpaired) electrons. The molecule has 2 N–H and O–H groups in total. The molecule has 0 atom stereocenters. The number of hydrogen-bond acceptors (Lipinski definition) is 4. The fraction of sp³-hybridized carbons (Fsp3) is 0.588. The number of ether oxygens (including phenoxy) is 1. The molecule has 0 saturated heterocycles. The van der Waals surface area contributed by atoms with Crippen LogP contribution in [0, 0.1) is 0 Å². The molecule has 1 rings (SSSR count). The van der Waals surface area contributed by atoms with Gasteiger partial charge in [0.15, 0.2) is 5.96 Å². The Kier molecular flexibility index (Phi) is 11.6. The molecule has 0 spiro atoms. The summed E-state index contributed by atoms with van der Waals surface area (Å²) in [6.07, 6.45) is 1.14. The standard InChI is InChI=1S/C17H29ClN4O3S.HI/c1-6-19-16(20-13-17(2,3)21-26(5,23)24)22(4)11-12-25-15-9-7-14(18)8-10-15;/h7-10,21H,6,11-13H2,1-5H3,(H,19,20);1H. The van der Waals surface area contributed by atoms with Crippen LogP contribution in [0.15, 0.2) is 29.3 Å². The van der Waals surface area contributed by atoms with Gasteiger partial charge in [0.1, 0.15) is 12.4 Å². The Balaban J connectivity index is 0.00000676. The second-order valence-corrected chi connectivity index (χ2v) is 8.84. The van der Waals surface area contributed by atoms with E-state index in [4.69, 9.17) is 16.3 Å². The number of rotatable bonds is 9. The quantitative estimate of drug-likeness (QED) is 0.290. The van der Waals surface area contributed by atoms with Crippen LogP contribution in [0.5, 0.6) is 5.75 Å². The molecule has 0 aromatic heterocycles. The summed E-state index contributed by atoms with van der Waals surface area (Å²) >= 11 is 5.85. The van der Waals surface area contributed by atoms with Crippen molar-refractivity contribution in [2.24, 2.45) is 4.99 Å². The van der Waals surface area contributed by atoms with Gasteiger partial charge in [-0.05, 0) is 45.0 Å². The largest absolute Gasteiger partial charge is 0.492 e. The van der Waals surface area contributed by atoms with Gasteiger partial charge in [0.2, 0.25) is 10.0 Å². The van der Waals surface area contributed by atoms with Crippen LogP contribution in [0.25, 0.3) is 0 Å². The Morgan fingerprint density at radius 2 is 1.89 bits per heavy atom. The zero-order chi connectivity index (χ0) is 19.8. The van der Waals surface area contributed by atoms with Crippen LogP contribution in [0.3, 0.4) is 0 Å². The smallest absolute Gasteiger partial charge is 0.209 e. The van der Waals surface area contributed by atoms with Crippen molar-refractivity contribution in [3.63, 3.8) is 0 Å². The van der Waals surface area contributed by atoms with E-state index in [1.54, 1.807) is 26.0 Å². The molecule has 0 fully saturated rings. The molecule has 0 amide bonds. The van der Waals surface area contributed by atoms with Crippen molar-refractivity contribution in [1.29, 1.82) is 0 Å².